The number of hydrogen-bond acceptors (Lipinski definition) is 6. The molecule has 0 spiro atoms. The van der Waals surface area contributed by atoms with Crippen LogP contribution in [-0.2, 0) is 16.0 Å². The number of carboxylic acids is 1. The number of ether oxygens (including phenoxy) is 1. The summed E-state index contributed by atoms with van der Waals surface area (Å²) >= 11 is 1.51. The lowest BCUT2D eigenvalue weighted by molar-refractivity contribution is -0.142. The van der Waals surface area contributed by atoms with E-state index in [1.165, 1.54) is 24.8 Å². The van der Waals surface area contributed by atoms with Crippen molar-refractivity contribution in [3.8, 4) is 5.75 Å². The van der Waals surface area contributed by atoms with Gasteiger partial charge >= 0.3 is 11.6 Å². The fraction of sp³-hybridized carbons (Fsp3) is 0.450. The molecule has 2 aromatic rings. The van der Waals surface area contributed by atoms with E-state index in [1.807, 2.05) is 13.2 Å². The van der Waals surface area contributed by atoms with E-state index in [0.29, 0.717) is 23.5 Å². The molecule has 0 bridgehead atoms. The average Bonchev–Trinajstić information content (AvgIpc) is 2.64. The number of hydrogen-bond donors (Lipinski definition) is 2. The predicted octanol–water partition coefficient (Wildman–Crippen LogP) is 2.84. The maximum Gasteiger partial charge on any atom is 0.336 e. The molecule has 28 heavy (non-hydrogen) atoms. The Labute approximate surface area is 167 Å². The van der Waals surface area contributed by atoms with E-state index >= 15 is 0 Å². The van der Waals surface area contributed by atoms with Crippen molar-refractivity contribution in [3.05, 3.63) is 40.2 Å². The van der Waals surface area contributed by atoms with Crippen molar-refractivity contribution in [2.45, 2.75) is 45.3 Å². The first-order chi connectivity index (χ1) is 13.3. The molecule has 2 N–H and O–H groups in total. The summed E-state index contributed by atoms with van der Waals surface area (Å²) in [5, 5.41) is 12.5. The van der Waals surface area contributed by atoms with Crippen molar-refractivity contribution in [2.75, 3.05) is 12.0 Å². The second-order valence-corrected chi connectivity index (χ2v) is 7.43. The number of carbonyl (C=O) groups excluding carboxylic acids is 1. The minimum atomic E-state index is -1.08. The van der Waals surface area contributed by atoms with E-state index in [2.05, 4.69) is 5.32 Å². The van der Waals surface area contributed by atoms with Gasteiger partial charge in [0.05, 0.1) is 0 Å². The third-order valence-corrected chi connectivity index (χ3v) is 4.87. The van der Waals surface area contributed by atoms with Crippen LogP contribution in [0.5, 0.6) is 5.75 Å². The summed E-state index contributed by atoms with van der Waals surface area (Å²) in [6.45, 7) is 3.57. The Hall–Kier alpha value is -2.48. The molecule has 0 unspecified atom stereocenters. The third-order valence-electron chi connectivity index (χ3n) is 4.23. The summed E-state index contributed by atoms with van der Waals surface area (Å²) < 4.78 is 10.9. The van der Waals surface area contributed by atoms with E-state index < -0.39 is 29.6 Å². The van der Waals surface area contributed by atoms with Gasteiger partial charge in [0.25, 0.3) is 5.91 Å². The van der Waals surface area contributed by atoms with E-state index in [0.717, 1.165) is 23.8 Å². The van der Waals surface area contributed by atoms with Crippen molar-refractivity contribution < 1.29 is 23.8 Å². The first kappa shape index (κ1) is 21.8. The van der Waals surface area contributed by atoms with Gasteiger partial charge in [-0.25, -0.2) is 9.59 Å². The molecule has 0 saturated heterocycles. The van der Waals surface area contributed by atoms with Crippen LogP contribution in [0.4, 0.5) is 0 Å². The molecule has 1 aromatic heterocycles. The Balaban J connectivity index is 2.13. The van der Waals surface area contributed by atoms with Crippen LogP contribution in [0.25, 0.3) is 11.0 Å². The van der Waals surface area contributed by atoms with Crippen LogP contribution in [0.15, 0.2) is 33.5 Å². The van der Waals surface area contributed by atoms with Crippen LogP contribution in [0.3, 0.4) is 0 Å². The standard InChI is InChI=1S/C20H25NO6S/c1-4-5-13-10-18(22)27-17-11-14(6-7-15(13)17)26-12(2)19(23)21-16(20(24)25)8-9-28-3/h6-7,10-12,16H,4-5,8-9H2,1-3H3,(H,21,23)(H,24,25)/t12-,16+/m1/s1. The number of fused-ring (bicyclic) bond motifs is 1. The highest BCUT2D eigenvalue weighted by Crippen LogP contribution is 2.24. The highest BCUT2D eigenvalue weighted by molar-refractivity contribution is 7.98. The normalized spacial score (nSPS) is 13.1. The van der Waals surface area contributed by atoms with Crippen LogP contribution in [0.2, 0.25) is 0 Å². The lowest BCUT2D eigenvalue weighted by atomic mass is 10.1. The summed E-state index contributed by atoms with van der Waals surface area (Å²) in [6.07, 6.45) is 2.95. The number of amides is 1. The Morgan fingerprint density at radius 3 is 2.71 bits per heavy atom. The second-order valence-electron chi connectivity index (χ2n) is 6.44. The monoisotopic (exact) mass is 407 g/mol. The Morgan fingerprint density at radius 1 is 1.32 bits per heavy atom. The first-order valence-corrected chi connectivity index (χ1v) is 10.5. The summed E-state index contributed by atoms with van der Waals surface area (Å²) in [5.41, 5.74) is 0.866. The van der Waals surface area contributed by atoms with E-state index in [4.69, 9.17) is 9.15 Å². The number of aliphatic carboxylic acids is 1. The molecule has 7 nitrogen and oxygen atoms in total. The van der Waals surface area contributed by atoms with Crippen molar-refractivity contribution in [1.82, 2.24) is 5.32 Å². The van der Waals surface area contributed by atoms with Gasteiger partial charge in [-0.1, -0.05) is 13.3 Å². The quantitative estimate of drug-likeness (QED) is 0.583. The van der Waals surface area contributed by atoms with Gasteiger partial charge in [0.15, 0.2) is 6.10 Å². The maximum absolute atomic E-state index is 12.3. The molecule has 152 valence electrons. The number of nitrogens with one attached hydrogen (secondary N) is 1. The SMILES string of the molecule is CCCc1cc(=O)oc2cc(O[C@H](C)C(=O)N[C@@H](CCSC)C(=O)O)ccc12. The second kappa shape index (κ2) is 10.2. The average molecular weight is 407 g/mol. The highest BCUT2D eigenvalue weighted by Gasteiger charge is 2.23. The zero-order valence-corrected chi connectivity index (χ0v) is 17.0. The lowest BCUT2D eigenvalue weighted by Gasteiger charge is -2.19. The fourth-order valence-corrected chi connectivity index (χ4v) is 3.27. The van der Waals surface area contributed by atoms with Gasteiger partial charge in [0.2, 0.25) is 0 Å². The van der Waals surface area contributed by atoms with E-state index in [-0.39, 0.29) is 0 Å². The molecule has 0 saturated carbocycles. The number of rotatable bonds is 10. The number of aryl methyl sites for hydroxylation is 1. The highest BCUT2D eigenvalue weighted by atomic mass is 32.2. The lowest BCUT2D eigenvalue weighted by Crippen LogP contribution is -2.46. The van der Waals surface area contributed by atoms with Gasteiger partial charge in [-0.2, -0.15) is 11.8 Å². The molecule has 0 aliphatic rings. The van der Waals surface area contributed by atoms with Crippen LogP contribution < -0.4 is 15.7 Å². The Kier molecular flexibility index (Phi) is 7.92. The number of carboxylic acid groups (broad SMARTS) is 1. The molecule has 1 aromatic carbocycles. The number of thioether (sulfide) groups is 1. The van der Waals surface area contributed by atoms with Crippen molar-refractivity contribution in [2.24, 2.45) is 0 Å². The molecule has 8 heteroatoms. The first-order valence-electron chi connectivity index (χ1n) is 9.11. The van der Waals surface area contributed by atoms with Crippen molar-refractivity contribution in [3.63, 3.8) is 0 Å². The predicted molar refractivity (Wildman–Crippen MR) is 109 cm³/mol. The number of benzene rings is 1. The van der Waals surface area contributed by atoms with Crippen molar-refractivity contribution >= 4 is 34.6 Å². The van der Waals surface area contributed by atoms with Crippen LogP contribution in [-0.4, -0.2) is 41.1 Å². The van der Waals surface area contributed by atoms with Gasteiger partial charge in [-0.15, -0.1) is 0 Å². The van der Waals surface area contributed by atoms with Gasteiger partial charge in [0, 0.05) is 17.5 Å². The van der Waals surface area contributed by atoms with Gasteiger partial charge in [-0.3, -0.25) is 4.79 Å². The fourth-order valence-electron chi connectivity index (χ4n) is 2.80. The zero-order chi connectivity index (χ0) is 20.7. The maximum atomic E-state index is 12.3. The Morgan fingerprint density at radius 2 is 2.07 bits per heavy atom. The summed E-state index contributed by atoms with van der Waals surface area (Å²) in [4.78, 5) is 35.3. The molecule has 0 aliphatic carbocycles. The summed E-state index contributed by atoms with van der Waals surface area (Å²) in [6, 6.07) is 5.60. The molecule has 1 heterocycles. The van der Waals surface area contributed by atoms with Gasteiger partial charge in [0.1, 0.15) is 17.4 Å². The molecule has 0 aliphatic heterocycles. The molecule has 1 amide bonds. The van der Waals surface area contributed by atoms with Gasteiger partial charge < -0.3 is 19.6 Å². The summed E-state index contributed by atoms with van der Waals surface area (Å²) in [5.74, 6) is -0.612. The van der Waals surface area contributed by atoms with Gasteiger partial charge in [-0.05, 0) is 49.5 Å². The summed E-state index contributed by atoms with van der Waals surface area (Å²) in [7, 11) is 0. The third kappa shape index (κ3) is 5.76. The largest absolute Gasteiger partial charge is 0.481 e. The van der Waals surface area contributed by atoms with Crippen LogP contribution >= 0.6 is 11.8 Å². The molecular formula is C20H25NO6S. The minimum Gasteiger partial charge on any atom is -0.481 e. The molecule has 0 radical (unpaired) electrons. The smallest absolute Gasteiger partial charge is 0.336 e. The molecule has 2 rings (SSSR count). The van der Waals surface area contributed by atoms with Crippen LogP contribution in [0, 0.1) is 0 Å². The topological polar surface area (TPSA) is 106 Å². The number of carbonyl (C=O) groups is 2. The molecule has 0 fully saturated rings. The van der Waals surface area contributed by atoms with E-state index in [9.17, 15) is 19.5 Å². The molecule has 2 atom stereocenters. The van der Waals surface area contributed by atoms with Crippen LogP contribution in [0.1, 0.15) is 32.3 Å². The Bertz CT molecular complexity index is 894. The minimum absolute atomic E-state index is 0.330. The zero-order valence-electron chi connectivity index (χ0n) is 16.2. The molecular weight excluding hydrogens is 382 g/mol. The van der Waals surface area contributed by atoms with E-state index in [1.54, 1.807) is 18.2 Å². The van der Waals surface area contributed by atoms with Crippen molar-refractivity contribution in [1.29, 1.82) is 0 Å².